The Labute approximate surface area is 129 Å². The molecule has 1 aromatic rings. The molecular formula is C15H14F6N2. The fourth-order valence-corrected chi connectivity index (χ4v) is 2.89. The van der Waals surface area contributed by atoms with Crippen LogP contribution in [0.5, 0.6) is 0 Å². The molecule has 1 aliphatic heterocycles. The number of nitriles is 1. The van der Waals surface area contributed by atoms with Crippen molar-refractivity contribution < 1.29 is 26.3 Å². The number of hydrogen-bond acceptors (Lipinski definition) is 2. The van der Waals surface area contributed by atoms with Crippen LogP contribution in [-0.2, 0) is 6.18 Å². The highest BCUT2D eigenvalue weighted by atomic mass is 19.4. The number of nitrogens with zero attached hydrogens (tertiary/aromatic N) is 2. The van der Waals surface area contributed by atoms with Gasteiger partial charge in [-0.15, -0.1) is 0 Å². The van der Waals surface area contributed by atoms with E-state index < -0.39 is 35.4 Å². The number of benzene rings is 1. The molecule has 0 unspecified atom stereocenters. The van der Waals surface area contributed by atoms with E-state index in [4.69, 9.17) is 5.26 Å². The van der Waals surface area contributed by atoms with Gasteiger partial charge < -0.3 is 4.90 Å². The molecule has 2 nitrogen and oxygen atoms in total. The molecule has 2 rings (SSSR count). The van der Waals surface area contributed by atoms with Crippen molar-refractivity contribution in [3.63, 3.8) is 0 Å². The number of halogens is 6. The number of anilines is 1. The Bertz CT molecular complexity index is 614. The highest BCUT2D eigenvalue weighted by molar-refractivity contribution is 5.56. The summed E-state index contributed by atoms with van der Waals surface area (Å²) >= 11 is 0. The molecule has 1 aliphatic rings. The lowest BCUT2D eigenvalue weighted by Gasteiger charge is -2.32. The first-order chi connectivity index (χ1) is 10.6. The summed E-state index contributed by atoms with van der Waals surface area (Å²) < 4.78 is 77.8. The van der Waals surface area contributed by atoms with E-state index in [-0.39, 0.29) is 18.7 Å². The van der Waals surface area contributed by atoms with Gasteiger partial charge in [-0.1, -0.05) is 6.92 Å². The lowest BCUT2D eigenvalue weighted by atomic mass is 9.98. The van der Waals surface area contributed by atoms with Gasteiger partial charge >= 0.3 is 12.4 Å². The normalized spacial score (nSPS) is 20.4. The Morgan fingerprint density at radius 1 is 1.22 bits per heavy atom. The van der Waals surface area contributed by atoms with Gasteiger partial charge in [-0.05, 0) is 31.0 Å². The van der Waals surface area contributed by atoms with Crippen molar-refractivity contribution in [2.75, 3.05) is 11.4 Å². The van der Waals surface area contributed by atoms with Crippen molar-refractivity contribution in [1.29, 1.82) is 5.26 Å². The van der Waals surface area contributed by atoms with Gasteiger partial charge in [0.25, 0.3) is 0 Å². The number of rotatable bonds is 2. The van der Waals surface area contributed by atoms with Crippen molar-refractivity contribution in [3.8, 4) is 6.07 Å². The Balaban J connectivity index is 2.40. The van der Waals surface area contributed by atoms with E-state index in [1.54, 1.807) is 0 Å². The summed E-state index contributed by atoms with van der Waals surface area (Å²) in [4.78, 5) is 1.36. The van der Waals surface area contributed by atoms with Crippen LogP contribution in [0.2, 0.25) is 0 Å². The zero-order valence-corrected chi connectivity index (χ0v) is 12.2. The molecule has 0 N–H and O–H groups in total. The van der Waals surface area contributed by atoms with Gasteiger partial charge in [0, 0.05) is 18.3 Å². The highest BCUT2D eigenvalue weighted by Gasteiger charge is 2.45. The van der Waals surface area contributed by atoms with Crippen LogP contribution >= 0.6 is 0 Å². The summed E-state index contributed by atoms with van der Waals surface area (Å²) in [7, 11) is 0. The second kappa shape index (κ2) is 5.95. The summed E-state index contributed by atoms with van der Waals surface area (Å²) in [6.07, 6.45) is -8.40. The van der Waals surface area contributed by atoms with Crippen molar-refractivity contribution >= 4 is 5.69 Å². The lowest BCUT2D eigenvalue weighted by Crippen LogP contribution is -2.41. The van der Waals surface area contributed by atoms with E-state index in [1.165, 1.54) is 17.0 Å². The van der Waals surface area contributed by atoms with Crippen LogP contribution in [0, 0.1) is 17.2 Å². The molecule has 0 radical (unpaired) electrons. The van der Waals surface area contributed by atoms with Crippen LogP contribution in [0.4, 0.5) is 32.0 Å². The van der Waals surface area contributed by atoms with Gasteiger partial charge in [0.15, 0.2) is 0 Å². The quantitative estimate of drug-likeness (QED) is 0.729. The minimum atomic E-state index is -4.73. The van der Waals surface area contributed by atoms with Crippen LogP contribution < -0.4 is 4.90 Å². The molecule has 2 atom stereocenters. The van der Waals surface area contributed by atoms with Gasteiger partial charge in [-0.2, -0.15) is 31.6 Å². The van der Waals surface area contributed by atoms with E-state index >= 15 is 0 Å². The van der Waals surface area contributed by atoms with Crippen LogP contribution in [0.25, 0.3) is 0 Å². The molecule has 0 amide bonds. The third-order valence-electron chi connectivity index (χ3n) is 4.15. The van der Waals surface area contributed by atoms with Crippen LogP contribution in [0.15, 0.2) is 18.2 Å². The second-order valence-electron chi connectivity index (χ2n) is 5.57. The smallest absolute Gasteiger partial charge is 0.368 e. The number of hydrogen-bond donors (Lipinski definition) is 0. The van der Waals surface area contributed by atoms with E-state index in [2.05, 4.69) is 0 Å². The maximum Gasteiger partial charge on any atom is 0.417 e. The first kappa shape index (κ1) is 17.4. The van der Waals surface area contributed by atoms with Crippen LogP contribution in [-0.4, -0.2) is 18.8 Å². The topological polar surface area (TPSA) is 27.0 Å². The molecular weight excluding hydrogens is 322 g/mol. The van der Waals surface area contributed by atoms with Crippen LogP contribution in [0.1, 0.15) is 30.9 Å². The lowest BCUT2D eigenvalue weighted by molar-refractivity contribution is -0.174. The minimum Gasteiger partial charge on any atom is -0.368 e. The first-order valence-corrected chi connectivity index (χ1v) is 7.00. The van der Waals surface area contributed by atoms with Gasteiger partial charge in [0.2, 0.25) is 0 Å². The van der Waals surface area contributed by atoms with E-state index in [9.17, 15) is 26.3 Å². The summed E-state index contributed by atoms with van der Waals surface area (Å²) in [6, 6.07) is 3.60. The molecule has 1 fully saturated rings. The van der Waals surface area contributed by atoms with Crippen LogP contribution in [0.3, 0.4) is 0 Å². The fraction of sp³-hybridized carbons (Fsp3) is 0.533. The zero-order valence-electron chi connectivity index (χ0n) is 12.2. The average Bonchev–Trinajstić information content (AvgIpc) is 2.93. The average molecular weight is 336 g/mol. The summed E-state index contributed by atoms with van der Waals surface area (Å²) in [6.45, 7) is 1.30. The Morgan fingerprint density at radius 2 is 1.87 bits per heavy atom. The third-order valence-corrected chi connectivity index (χ3v) is 4.15. The van der Waals surface area contributed by atoms with Gasteiger partial charge in [-0.25, -0.2) is 0 Å². The predicted octanol–water partition coefficient (Wildman–Crippen LogP) is 4.74. The van der Waals surface area contributed by atoms with Crippen molar-refractivity contribution in [2.24, 2.45) is 5.92 Å². The largest absolute Gasteiger partial charge is 0.417 e. The summed E-state index contributed by atoms with van der Waals surface area (Å²) in [5, 5.41) is 8.77. The molecule has 0 spiro atoms. The molecule has 0 aliphatic carbocycles. The van der Waals surface area contributed by atoms with E-state index in [0.29, 0.717) is 6.42 Å². The van der Waals surface area contributed by atoms with E-state index in [1.807, 2.05) is 0 Å². The van der Waals surface area contributed by atoms with Crippen molar-refractivity contribution in [2.45, 2.75) is 38.2 Å². The predicted molar refractivity (Wildman–Crippen MR) is 71.7 cm³/mol. The molecule has 0 aromatic heterocycles. The first-order valence-electron chi connectivity index (χ1n) is 7.00. The Kier molecular flexibility index (Phi) is 4.51. The molecule has 0 bridgehead atoms. The summed E-state index contributed by atoms with van der Waals surface area (Å²) in [5.41, 5.74) is -1.60. The van der Waals surface area contributed by atoms with Crippen molar-refractivity contribution in [1.82, 2.24) is 0 Å². The molecule has 126 valence electrons. The Hall–Kier alpha value is -1.91. The zero-order chi connectivity index (χ0) is 17.4. The minimum absolute atomic E-state index is 0.0647. The molecule has 23 heavy (non-hydrogen) atoms. The molecule has 1 aromatic carbocycles. The maximum atomic E-state index is 13.0. The standard InChI is InChI=1S/C15H14F6N2/c1-9(14(16,17)18)13-3-2-6-23(13)11-5-4-10(8-22)12(7-11)15(19,20)21/h4-5,7,9,13H,2-3,6H2,1H3/t9-,13-/m1/s1. The van der Waals surface area contributed by atoms with Gasteiger partial charge in [0.05, 0.1) is 23.1 Å². The highest BCUT2D eigenvalue weighted by Crippen LogP contribution is 2.40. The molecule has 0 saturated carbocycles. The molecule has 8 heteroatoms. The molecule has 1 heterocycles. The fourth-order valence-electron chi connectivity index (χ4n) is 2.89. The maximum absolute atomic E-state index is 13.0. The summed E-state index contributed by atoms with van der Waals surface area (Å²) in [5.74, 6) is -1.64. The van der Waals surface area contributed by atoms with Gasteiger partial charge in [-0.3, -0.25) is 0 Å². The monoisotopic (exact) mass is 336 g/mol. The SMILES string of the molecule is C[C@H]([C@H]1CCCN1c1ccc(C#N)c(C(F)(F)F)c1)C(F)(F)F. The van der Waals surface area contributed by atoms with E-state index in [0.717, 1.165) is 19.1 Å². The number of alkyl halides is 6. The Morgan fingerprint density at radius 3 is 2.39 bits per heavy atom. The molecule has 1 saturated heterocycles. The van der Waals surface area contributed by atoms with Crippen molar-refractivity contribution in [3.05, 3.63) is 29.3 Å². The second-order valence-corrected chi connectivity index (χ2v) is 5.57. The third kappa shape index (κ3) is 3.54. The van der Waals surface area contributed by atoms with Gasteiger partial charge in [0.1, 0.15) is 0 Å².